The molecule has 0 amide bonds. The van der Waals surface area contributed by atoms with Crippen molar-refractivity contribution >= 4 is 15.7 Å². The van der Waals surface area contributed by atoms with Crippen molar-refractivity contribution in [2.24, 2.45) is 0 Å². The summed E-state index contributed by atoms with van der Waals surface area (Å²) < 4.78 is 80.0. The lowest BCUT2D eigenvalue weighted by Crippen LogP contribution is -2.49. The number of furan rings is 1. The Morgan fingerprint density at radius 3 is 2.17 bits per heavy atom. The van der Waals surface area contributed by atoms with Gasteiger partial charge in [-0.05, 0) is 60.7 Å². The first-order valence-electron chi connectivity index (χ1n) is 11.2. The van der Waals surface area contributed by atoms with Crippen molar-refractivity contribution in [1.82, 2.24) is 9.62 Å². The molecule has 1 saturated heterocycles. The van der Waals surface area contributed by atoms with Crippen LogP contribution in [0.15, 0.2) is 76.2 Å². The zero-order valence-corrected chi connectivity index (χ0v) is 20.3. The molecule has 1 aliphatic rings. The van der Waals surface area contributed by atoms with Crippen molar-refractivity contribution in [3.63, 3.8) is 0 Å². The van der Waals surface area contributed by atoms with E-state index in [-0.39, 0.29) is 17.5 Å². The third-order valence-electron chi connectivity index (χ3n) is 5.90. The van der Waals surface area contributed by atoms with E-state index in [1.54, 1.807) is 19.2 Å². The number of rotatable bonds is 9. The molecule has 1 N–H and O–H groups in total. The van der Waals surface area contributed by atoms with Gasteiger partial charge in [-0.2, -0.15) is 0 Å². The molecule has 8 nitrogen and oxygen atoms in total. The van der Waals surface area contributed by atoms with E-state index in [4.69, 9.17) is 9.15 Å². The summed E-state index contributed by atoms with van der Waals surface area (Å²) >= 11 is 0. The Balaban J connectivity index is 1.41. The number of nitrogens with one attached hydrogen (secondary N) is 1. The van der Waals surface area contributed by atoms with Gasteiger partial charge in [-0.1, -0.05) is 0 Å². The average Bonchev–Trinajstić information content (AvgIpc) is 3.39. The first-order valence-corrected chi connectivity index (χ1v) is 12.6. The summed E-state index contributed by atoms with van der Waals surface area (Å²) in [4.78, 5) is 4.21. The Bertz CT molecular complexity index is 1210. The van der Waals surface area contributed by atoms with E-state index in [0.717, 1.165) is 48.8 Å². The molecular formula is C24H26F3N3O5S. The molecule has 2 heterocycles. The van der Waals surface area contributed by atoms with Gasteiger partial charge in [0.25, 0.3) is 0 Å². The van der Waals surface area contributed by atoms with Gasteiger partial charge >= 0.3 is 6.36 Å². The molecular weight excluding hydrogens is 499 g/mol. The first kappa shape index (κ1) is 25.9. The standard InChI is InChI=1S/C24H26F3N3O5S/c1-33-19-6-4-18(5-7-19)29-12-14-30(15-13-29)22(23-3-2-16-34-23)17-28-36(31,32)21-10-8-20(9-11-21)35-24(25,26)27/h2-11,16,22,28H,12-15,17H2,1H3. The Kier molecular flexibility index (Phi) is 7.76. The molecule has 1 unspecified atom stereocenters. The van der Waals surface area contributed by atoms with Gasteiger partial charge in [-0.3, -0.25) is 4.90 Å². The predicted octanol–water partition coefficient (Wildman–Crippen LogP) is 4.03. The fourth-order valence-corrected chi connectivity index (χ4v) is 5.11. The highest BCUT2D eigenvalue weighted by Crippen LogP contribution is 2.27. The highest BCUT2D eigenvalue weighted by Gasteiger charge is 2.32. The average molecular weight is 526 g/mol. The van der Waals surface area contributed by atoms with E-state index in [0.29, 0.717) is 18.8 Å². The van der Waals surface area contributed by atoms with E-state index in [2.05, 4.69) is 19.3 Å². The van der Waals surface area contributed by atoms with Gasteiger partial charge in [0.1, 0.15) is 17.3 Å². The van der Waals surface area contributed by atoms with Crippen molar-refractivity contribution in [2.75, 3.05) is 44.7 Å². The monoisotopic (exact) mass is 525 g/mol. The highest BCUT2D eigenvalue weighted by molar-refractivity contribution is 7.89. The summed E-state index contributed by atoms with van der Waals surface area (Å²) in [6, 6.07) is 15.0. The maximum atomic E-state index is 12.8. The van der Waals surface area contributed by atoms with Gasteiger partial charge in [0.2, 0.25) is 10.0 Å². The van der Waals surface area contributed by atoms with Crippen molar-refractivity contribution < 1.29 is 35.5 Å². The van der Waals surface area contributed by atoms with Crippen molar-refractivity contribution in [1.29, 1.82) is 0 Å². The number of hydrogen-bond donors (Lipinski definition) is 1. The van der Waals surface area contributed by atoms with Gasteiger partial charge in [0.15, 0.2) is 0 Å². The molecule has 1 aromatic heterocycles. The number of alkyl halides is 3. The minimum Gasteiger partial charge on any atom is -0.497 e. The molecule has 2 aromatic carbocycles. The van der Waals surface area contributed by atoms with E-state index in [9.17, 15) is 21.6 Å². The molecule has 36 heavy (non-hydrogen) atoms. The fraction of sp³-hybridized carbons (Fsp3) is 0.333. The van der Waals surface area contributed by atoms with Gasteiger partial charge in [-0.15, -0.1) is 13.2 Å². The molecule has 1 aliphatic heterocycles. The molecule has 194 valence electrons. The number of benzene rings is 2. The zero-order chi connectivity index (χ0) is 25.8. The number of nitrogens with zero attached hydrogens (tertiary/aromatic N) is 2. The molecule has 4 rings (SSSR count). The van der Waals surface area contributed by atoms with Crippen LogP contribution in [-0.2, 0) is 10.0 Å². The maximum Gasteiger partial charge on any atom is 0.573 e. The maximum absolute atomic E-state index is 12.8. The molecule has 0 saturated carbocycles. The second-order valence-corrected chi connectivity index (χ2v) is 9.89. The van der Waals surface area contributed by atoms with Crippen LogP contribution in [0, 0.1) is 0 Å². The second kappa shape index (κ2) is 10.8. The lowest BCUT2D eigenvalue weighted by molar-refractivity contribution is -0.274. The van der Waals surface area contributed by atoms with Crippen LogP contribution in [0.5, 0.6) is 11.5 Å². The van der Waals surface area contributed by atoms with Crippen molar-refractivity contribution in [3.05, 3.63) is 72.7 Å². The topological polar surface area (TPSA) is 84.2 Å². The number of methoxy groups -OCH3 is 1. The fourth-order valence-electron chi connectivity index (χ4n) is 4.07. The van der Waals surface area contributed by atoms with Crippen LogP contribution in [0.2, 0.25) is 0 Å². The van der Waals surface area contributed by atoms with Gasteiger partial charge < -0.3 is 18.8 Å². The number of halogens is 3. The number of anilines is 1. The van der Waals surface area contributed by atoms with Gasteiger partial charge in [-0.25, -0.2) is 13.1 Å². The van der Waals surface area contributed by atoms with Crippen LogP contribution in [0.25, 0.3) is 0 Å². The minimum atomic E-state index is -4.85. The number of piperazine rings is 1. The van der Waals surface area contributed by atoms with Crippen LogP contribution in [-0.4, -0.2) is 59.5 Å². The zero-order valence-electron chi connectivity index (χ0n) is 19.4. The quantitative estimate of drug-likeness (QED) is 0.452. The highest BCUT2D eigenvalue weighted by atomic mass is 32.2. The lowest BCUT2D eigenvalue weighted by Gasteiger charge is -2.39. The number of hydrogen-bond acceptors (Lipinski definition) is 7. The van der Waals surface area contributed by atoms with Crippen molar-refractivity contribution in [3.8, 4) is 11.5 Å². The van der Waals surface area contributed by atoms with Gasteiger partial charge in [0.05, 0.1) is 24.3 Å². The normalized spacial score (nSPS) is 16.1. The predicted molar refractivity (Wildman–Crippen MR) is 127 cm³/mol. The Morgan fingerprint density at radius 2 is 1.61 bits per heavy atom. The van der Waals surface area contributed by atoms with Crippen molar-refractivity contribution in [2.45, 2.75) is 17.3 Å². The molecule has 1 fully saturated rings. The number of sulfonamides is 1. The summed E-state index contributed by atoms with van der Waals surface area (Å²) in [5.41, 5.74) is 1.07. The van der Waals surface area contributed by atoms with Crippen LogP contribution in [0.1, 0.15) is 11.8 Å². The molecule has 0 bridgehead atoms. The van der Waals surface area contributed by atoms with Crippen LogP contribution in [0.3, 0.4) is 0 Å². The molecule has 1 atom stereocenters. The SMILES string of the molecule is COc1ccc(N2CCN(C(CNS(=O)(=O)c3ccc(OC(F)(F)F)cc3)c3ccco3)CC2)cc1. The summed E-state index contributed by atoms with van der Waals surface area (Å²) in [6.45, 7) is 2.83. The second-order valence-electron chi connectivity index (χ2n) is 8.12. The molecule has 12 heteroatoms. The summed E-state index contributed by atoms with van der Waals surface area (Å²) in [5.74, 6) is 0.902. The first-order chi connectivity index (χ1) is 17.1. The molecule has 0 spiro atoms. The third kappa shape index (κ3) is 6.50. The minimum absolute atomic E-state index is 0.0270. The van der Waals surface area contributed by atoms with Crippen LogP contribution < -0.4 is 19.1 Å². The smallest absolute Gasteiger partial charge is 0.497 e. The summed E-state index contributed by atoms with van der Waals surface area (Å²) in [6.07, 6.45) is -3.32. The Hall–Kier alpha value is -3.22. The largest absolute Gasteiger partial charge is 0.573 e. The van der Waals surface area contributed by atoms with Crippen LogP contribution in [0.4, 0.5) is 18.9 Å². The summed E-state index contributed by atoms with van der Waals surface area (Å²) in [7, 11) is -2.36. The summed E-state index contributed by atoms with van der Waals surface area (Å²) in [5, 5.41) is 0. The Labute approximate surface area is 207 Å². The molecule has 0 radical (unpaired) electrons. The molecule has 0 aliphatic carbocycles. The number of ether oxygens (including phenoxy) is 2. The molecule has 3 aromatic rings. The van der Waals surface area contributed by atoms with E-state index in [1.807, 2.05) is 24.3 Å². The van der Waals surface area contributed by atoms with E-state index >= 15 is 0 Å². The third-order valence-corrected chi connectivity index (χ3v) is 7.34. The van der Waals surface area contributed by atoms with Gasteiger partial charge in [0, 0.05) is 38.4 Å². The Morgan fingerprint density at radius 1 is 0.972 bits per heavy atom. The van der Waals surface area contributed by atoms with E-state index in [1.165, 1.54) is 6.26 Å². The van der Waals surface area contributed by atoms with E-state index < -0.39 is 22.1 Å². The lowest BCUT2D eigenvalue weighted by atomic mass is 10.1. The van der Waals surface area contributed by atoms with Crippen LogP contribution >= 0.6 is 0 Å².